The van der Waals surface area contributed by atoms with Crippen LogP contribution in [0.15, 0.2) is 0 Å². The average Bonchev–Trinajstić information content (AvgIpc) is 2.42. The molecule has 3 atom stereocenters. The highest BCUT2D eigenvalue weighted by Crippen LogP contribution is 2.23. The Hall–Kier alpha value is 0.310. The van der Waals surface area contributed by atoms with Crippen LogP contribution in [0.4, 0.5) is 0 Å². The van der Waals surface area contributed by atoms with Crippen molar-refractivity contribution in [3.8, 4) is 0 Å². The number of nitrogens with zero attached hydrogens (tertiary/aromatic N) is 1. The van der Waals surface area contributed by atoms with Gasteiger partial charge >= 0.3 is 0 Å². The molecule has 0 radical (unpaired) electrons. The number of rotatable bonds is 5. The summed E-state index contributed by atoms with van der Waals surface area (Å²) in [4.78, 5) is 2.65. The van der Waals surface area contributed by atoms with Gasteiger partial charge in [0.15, 0.2) is 0 Å². The highest BCUT2D eigenvalue weighted by molar-refractivity contribution is 7.80. The molecule has 0 aliphatic carbocycles. The molecule has 0 aromatic heterocycles. The van der Waals surface area contributed by atoms with Crippen molar-refractivity contribution >= 4 is 12.6 Å². The van der Waals surface area contributed by atoms with E-state index in [2.05, 4.69) is 38.3 Å². The highest BCUT2D eigenvalue weighted by Gasteiger charge is 2.25. The Morgan fingerprint density at radius 2 is 2.07 bits per heavy atom. The summed E-state index contributed by atoms with van der Waals surface area (Å²) in [6.45, 7) is 9.69. The molecule has 1 aliphatic heterocycles. The Morgan fingerprint density at radius 3 is 2.57 bits per heavy atom. The molecule has 0 aromatic carbocycles. The molecule has 1 nitrogen and oxygen atoms in total. The minimum Gasteiger partial charge on any atom is -0.300 e. The van der Waals surface area contributed by atoms with Gasteiger partial charge in [-0.05, 0) is 50.3 Å². The zero-order valence-electron chi connectivity index (χ0n) is 9.87. The van der Waals surface area contributed by atoms with Crippen LogP contribution in [-0.2, 0) is 0 Å². The zero-order chi connectivity index (χ0) is 10.6. The van der Waals surface area contributed by atoms with Crippen molar-refractivity contribution in [2.24, 2.45) is 11.8 Å². The molecule has 14 heavy (non-hydrogen) atoms. The first kappa shape index (κ1) is 12.4. The van der Waals surface area contributed by atoms with Crippen LogP contribution in [0.25, 0.3) is 0 Å². The molecule has 1 rings (SSSR count). The highest BCUT2D eigenvalue weighted by atomic mass is 32.1. The van der Waals surface area contributed by atoms with Crippen LogP contribution in [0.3, 0.4) is 0 Å². The predicted octanol–water partition coefficient (Wildman–Crippen LogP) is 3.06. The van der Waals surface area contributed by atoms with Gasteiger partial charge in [-0.1, -0.05) is 13.8 Å². The fourth-order valence-electron chi connectivity index (χ4n) is 2.45. The molecule has 0 bridgehead atoms. The first-order chi connectivity index (χ1) is 6.63. The van der Waals surface area contributed by atoms with Crippen molar-refractivity contribution in [1.29, 1.82) is 0 Å². The molecular weight excluding hydrogens is 190 g/mol. The smallest absolute Gasteiger partial charge is 0.00700 e. The van der Waals surface area contributed by atoms with Gasteiger partial charge in [0.1, 0.15) is 0 Å². The molecule has 0 amide bonds. The van der Waals surface area contributed by atoms with Crippen LogP contribution < -0.4 is 0 Å². The third-order valence-electron chi connectivity index (χ3n) is 3.44. The second-order valence-electron chi connectivity index (χ2n) is 5.09. The third kappa shape index (κ3) is 3.82. The van der Waals surface area contributed by atoms with Crippen LogP contribution in [0.1, 0.15) is 40.0 Å². The Labute approximate surface area is 94.7 Å². The van der Waals surface area contributed by atoms with Gasteiger partial charge in [-0.25, -0.2) is 0 Å². The molecule has 2 heteroatoms. The fourth-order valence-corrected chi connectivity index (χ4v) is 2.89. The van der Waals surface area contributed by atoms with E-state index >= 15 is 0 Å². The van der Waals surface area contributed by atoms with Crippen molar-refractivity contribution in [2.45, 2.75) is 46.1 Å². The largest absolute Gasteiger partial charge is 0.300 e. The SMILES string of the molecule is CC(CCS)CCN1CC(C)CC1C. The Bertz CT molecular complexity index is 160. The summed E-state index contributed by atoms with van der Waals surface area (Å²) >= 11 is 4.28. The second kappa shape index (κ2) is 6.02. The summed E-state index contributed by atoms with van der Waals surface area (Å²) in [5.74, 6) is 2.79. The molecule has 0 N–H and O–H groups in total. The summed E-state index contributed by atoms with van der Waals surface area (Å²) in [5, 5.41) is 0. The normalized spacial score (nSPS) is 30.9. The van der Waals surface area contributed by atoms with Crippen LogP contribution >= 0.6 is 12.6 Å². The monoisotopic (exact) mass is 215 g/mol. The lowest BCUT2D eigenvalue weighted by atomic mass is 10.0. The van der Waals surface area contributed by atoms with Gasteiger partial charge in [0.2, 0.25) is 0 Å². The van der Waals surface area contributed by atoms with Gasteiger partial charge in [0.05, 0.1) is 0 Å². The molecule has 1 saturated heterocycles. The minimum atomic E-state index is 0.813. The Balaban J connectivity index is 2.18. The standard InChI is InChI=1S/C12H25NS/c1-10(5-7-14)4-6-13-9-11(2)8-12(13)3/h10-12,14H,4-9H2,1-3H3. The maximum absolute atomic E-state index is 4.28. The van der Waals surface area contributed by atoms with Gasteiger partial charge in [-0.2, -0.15) is 12.6 Å². The summed E-state index contributed by atoms with van der Waals surface area (Å²) < 4.78 is 0. The van der Waals surface area contributed by atoms with Gasteiger partial charge in [-0.15, -0.1) is 0 Å². The molecule has 1 heterocycles. The van der Waals surface area contributed by atoms with E-state index in [1.54, 1.807) is 0 Å². The summed E-state index contributed by atoms with van der Waals surface area (Å²) in [6.07, 6.45) is 4.00. The Morgan fingerprint density at radius 1 is 1.36 bits per heavy atom. The lowest BCUT2D eigenvalue weighted by Gasteiger charge is -2.22. The number of hydrogen-bond acceptors (Lipinski definition) is 2. The quantitative estimate of drug-likeness (QED) is 0.690. The van der Waals surface area contributed by atoms with Gasteiger partial charge < -0.3 is 4.90 Å². The van der Waals surface area contributed by atoms with E-state index in [0.717, 1.165) is 23.6 Å². The Kier molecular flexibility index (Phi) is 5.32. The zero-order valence-corrected chi connectivity index (χ0v) is 10.8. The summed E-state index contributed by atoms with van der Waals surface area (Å²) in [7, 11) is 0. The second-order valence-corrected chi connectivity index (χ2v) is 5.54. The van der Waals surface area contributed by atoms with Crippen molar-refractivity contribution in [3.05, 3.63) is 0 Å². The third-order valence-corrected chi connectivity index (χ3v) is 3.70. The molecule has 1 fully saturated rings. The van der Waals surface area contributed by atoms with Gasteiger partial charge in [0, 0.05) is 12.6 Å². The van der Waals surface area contributed by atoms with E-state index in [4.69, 9.17) is 0 Å². The molecule has 0 aromatic rings. The lowest BCUT2D eigenvalue weighted by molar-refractivity contribution is 0.245. The van der Waals surface area contributed by atoms with Crippen molar-refractivity contribution < 1.29 is 0 Å². The predicted molar refractivity (Wildman–Crippen MR) is 67.1 cm³/mol. The maximum Gasteiger partial charge on any atom is 0.00700 e. The molecule has 3 unspecified atom stereocenters. The van der Waals surface area contributed by atoms with E-state index in [1.165, 1.54) is 32.4 Å². The number of thiol groups is 1. The summed E-state index contributed by atoms with van der Waals surface area (Å²) in [5.41, 5.74) is 0. The number of hydrogen-bond donors (Lipinski definition) is 1. The minimum absolute atomic E-state index is 0.813. The topological polar surface area (TPSA) is 3.24 Å². The van der Waals surface area contributed by atoms with E-state index in [0.29, 0.717) is 0 Å². The van der Waals surface area contributed by atoms with Crippen molar-refractivity contribution in [1.82, 2.24) is 4.90 Å². The maximum atomic E-state index is 4.28. The first-order valence-electron chi connectivity index (χ1n) is 5.98. The van der Waals surface area contributed by atoms with Crippen LogP contribution in [0.5, 0.6) is 0 Å². The molecule has 0 saturated carbocycles. The van der Waals surface area contributed by atoms with Crippen LogP contribution in [0, 0.1) is 11.8 Å². The summed E-state index contributed by atoms with van der Waals surface area (Å²) in [6, 6.07) is 0.813. The van der Waals surface area contributed by atoms with Crippen molar-refractivity contribution in [3.63, 3.8) is 0 Å². The molecule has 84 valence electrons. The van der Waals surface area contributed by atoms with E-state index in [9.17, 15) is 0 Å². The van der Waals surface area contributed by atoms with Crippen LogP contribution in [-0.4, -0.2) is 29.8 Å². The lowest BCUT2D eigenvalue weighted by Crippen LogP contribution is -2.29. The fraction of sp³-hybridized carbons (Fsp3) is 1.00. The van der Waals surface area contributed by atoms with Gasteiger partial charge in [0.25, 0.3) is 0 Å². The van der Waals surface area contributed by atoms with Gasteiger partial charge in [-0.3, -0.25) is 0 Å². The van der Waals surface area contributed by atoms with Crippen molar-refractivity contribution in [2.75, 3.05) is 18.8 Å². The average molecular weight is 215 g/mol. The van der Waals surface area contributed by atoms with E-state index < -0.39 is 0 Å². The first-order valence-corrected chi connectivity index (χ1v) is 6.61. The molecule has 0 spiro atoms. The van der Waals surface area contributed by atoms with Crippen LogP contribution in [0.2, 0.25) is 0 Å². The van der Waals surface area contributed by atoms with E-state index in [-0.39, 0.29) is 0 Å². The molecule has 1 aliphatic rings. The molecular formula is C12H25NS. The van der Waals surface area contributed by atoms with E-state index in [1.807, 2.05) is 0 Å². The number of likely N-dealkylation sites (tertiary alicyclic amines) is 1.